The molecule has 1 heterocycles. The fourth-order valence-electron chi connectivity index (χ4n) is 1.48. The van der Waals surface area contributed by atoms with Crippen molar-refractivity contribution in [2.24, 2.45) is 0 Å². The van der Waals surface area contributed by atoms with E-state index in [1.807, 2.05) is 31.2 Å². The van der Waals surface area contributed by atoms with Gasteiger partial charge in [-0.2, -0.15) is 0 Å². The molecule has 0 saturated heterocycles. The molecule has 0 atom stereocenters. The zero-order valence-corrected chi connectivity index (χ0v) is 10.9. The van der Waals surface area contributed by atoms with Crippen LogP contribution in [0.5, 0.6) is 5.75 Å². The summed E-state index contributed by atoms with van der Waals surface area (Å²) in [6.45, 7) is 3.23. The van der Waals surface area contributed by atoms with Crippen LogP contribution in [0.25, 0.3) is 0 Å². The summed E-state index contributed by atoms with van der Waals surface area (Å²) in [6.07, 6.45) is 0. The van der Waals surface area contributed by atoms with Crippen LogP contribution in [0, 0.1) is 0 Å². The van der Waals surface area contributed by atoms with E-state index < -0.39 is 0 Å². The van der Waals surface area contributed by atoms with E-state index in [-0.39, 0.29) is 6.61 Å². The lowest BCUT2D eigenvalue weighted by molar-refractivity contribution is 0.277. The van der Waals surface area contributed by atoms with E-state index in [4.69, 9.17) is 9.84 Å². The molecule has 18 heavy (non-hydrogen) atoms. The highest BCUT2D eigenvalue weighted by Crippen LogP contribution is 2.20. The molecule has 96 valence electrons. The van der Waals surface area contributed by atoms with Gasteiger partial charge in [0.05, 0.1) is 6.61 Å². The number of hydrogen-bond donors (Lipinski definition) is 2. The first-order valence-corrected chi connectivity index (χ1v) is 6.48. The third kappa shape index (κ3) is 3.18. The summed E-state index contributed by atoms with van der Waals surface area (Å²) in [5, 5.41) is 17.2. The number of ether oxygens (including phenoxy) is 1. The van der Waals surface area contributed by atoms with Gasteiger partial charge in [0.2, 0.25) is 0 Å². The minimum atomic E-state index is 0.0120. The monoisotopic (exact) mass is 265 g/mol. The molecular weight excluding hydrogens is 250 g/mol. The molecule has 6 heteroatoms. The third-order valence-electron chi connectivity index (χ3n) is 2.35. The second kappa shape index (κ2) is 6.32. The van der Waals surface area contributed by atoms with Crippen LogP contribution in [0.2, 0.25) is 0 Å². The standard InChI is InChI=1S/C12H15N3O2S/c1-2-13-12-11(14-15-18-12)8-17-10-5-3-4-9(6-10)7-16/h3-6,13,16H,2,7-8H2,1H3. The Balaban J connectivity index is 1.99. The molecule has 0 saturated carbocycles. The number of aliphatic hydroxyl groups is 1. The zero-order valence-electron chi connectivity index (χ0n) is 10.1. The van der Waals surface area contributed by atoms with Crippen molar-refractivity contribution >= 4 is 16.5 Å². The summed E-state index contributed by atoms with van der Waals surface area (Å²) in [5.74, 6) is 0.719. The number of nitrogens with zero attached hydrogens (tertiary/aromatic N) is 2. The summed E-state index contributed by atoms with van der Waals surface area (Å²) in [4.78, 5) is 0. The van der Waals surface area contributed by atoms with Crippen molar-refractivity contribution in [1.29, 1.82) is 0 Å². The van der Waals surface area contributed by atoms with E-state index >= 15 is 0 Å². The van der Waals surface area contributed by atoms with Crippen molar-refractivity contribution in [2.75, 3.05) is 11.9 Å². The first kappa shape index (κ1) is 12.8. The molecule has 0 aliphatic carbocycles. The molecule has 2 N–H and O–H groups in total. The third-order valence-corrected chi connectivity index (χ3v) is 3.08. The summed E-state index contributed by atoms with van der Waals surface area (Å²) in [7, 11) is 0. The zero-order chi connectivity index (χ0) is 12.8. The van der Waals surface area contributed by atoms with Gasteiger partial charge in [-0.05, 0) is 24.6 Å². The molecule has 0 unspecified atom stereocenters. The predicted octanol–water partition coefficient (Wildman–Crippen LogP) is 2.04. The minimum absolute atomic E-state index is 0.0120. The van der Waals surface area contributed by atoms with Gasteiger partial charge in [0.25, 0.3) is 0 Å². The van der Waals surface area contributed by atoms with E-state index in [0.717, 1.165) is 28.6 Å². The summed E-state index contributed by atoms with van der Waals surface area (Å²) in [6, 6.07) is 7.37. The van der Waals surface area contributed by atoms with Gasteiger partial charge in [-0.15, -0.1) is 5.10 Å². The molecule has 0 bridgehead atoms. The van der Waals surface area contributed by atoms with Gasteiger partial charge in [0, 0.05) is 18.1 Å². The second-order valence-corrected chi connectivity index (χ2v) is 4.43. The number of benzene rings is 1. The number of hydrogen-bond acceptors (Lipinski definition) is 6. The number of aromatic nitrogens is 2. The minimum Gasteiger partial charge on any atom is -0.487 e. The average Bonchev–Trinajstić information content (AvgIpc) is 2.85. The maximum Gasteiger partial charge on any atom is 0.136 e. The Morgan fingerprint density at radius 1 is 1.44 bits per heavy atom. The SMILES string of the molecule is CCNc1snnc1COc1cccc(CO)c1. The Morgan fingerprint density at radius 2 is 2.33 bits per heavy atom. The van der Waals surface area contributed by atoms with Gasteiger partial charge in [-0.1, -0.05) is 16.6 Å². The normalized spacial score (nSPS) is 10.3. The van der Waals surface area contributed by atoms with Crippen molar-refractivity contribution in [3.05, 3.63) is 35.5 Å². The number of aliphatic hydroxyl groups excluding tert-OH is 1. The molecule has 0 fully saturated rings. The molecular formula is C12H15N3O2S. The van der Waals surface area contributed by atoms with Crippen LogP contribution < -0.4 is 10.1 Å². The maximum atomic E-state index is 9.04. The molecule has 0 spiro atoms. The smallest absolute Gasteiger partial charge is 0.136 e. The highest BCUT2D eigenvalue weighted by molar-refractivity contribution is 7.10. The predicted molar refractivity (Wildman–Crippen MR) is 70.8 cm³/mol. The van der Waals surface area contributed by atoms with Crippen LogP contribution >= 0.6 is 11.5 Å². The lowest BCUT2D eigenvalue weighted by Crippen LogP contribution is -2.02. The fourth-order valence-corrected chi connectivity index (χ4v) is 2.12. The number of rotatable bonds is 6. The molecule has 0 amide bonds. The van der Waals surface area contributed by atoms with Crippen LogP contribution in [0.15, 0.2) is 24.3 Å². The number of nitrogens with one attached hydrogen (secondary N) is 1. The van der Waals surface area contributed by atoms with Crippen molar-refractivity contribution in [3.8, 4) is 5.75 Å². The van der Waals surface area contributed by atoms with Crippen LogP contribution in [0.3, 0.4) is 0 Å². The van der Waals surface area contributed by atoms with Gasteiger partial charge >= 0.3 is 0 Å². The van der Waals surface area contributed by atoms with Crippen LogP contribution in [0.1, 0.15) is 18.2 Å². The van der Waals surface area contributed by atoms with Crippen molar-refractivity contribution in [2.45, 2.75) is 20.1 Å². The lowest BCUT2D eigenvalue weighted by Gasteiger charge is -2.07. The molecule has 1 aromatic heterocycles. The molecule has 2 rings (SSSR count). The molecule has 1 aromatic carbocycles. The van der Waals surface area contributed by atoms with E-state index in [1.54, 1.807) is 0 Å². The van der Waals surface area contributed by atoms with Crippen molar-refractivity contribution in [1.82, 2.24) is 9.59 Å². The lowest BCUT2D eigenvalue weighted by atomic mass is 10.2. The summed E-state index contributed by atoms with van der Waals surface area (Å²) >= 11 is 1.32. The van der Waals surface area contributed by atoms with Gasteiger partial charge in [-0.3, -0.25) is 0 Å². The van der Waals surface area contributed by atoms with Gasteiger partial charge < -0.3 is 15.2 Å². The highest BCUT2D eigenvalue weighted by atomic mass is 32.1. The first-order valence-electron chi connectivity index (χ1n) is 5.71. The van der Waals surface area contributed by atoms with Crippen LogP contribution in [-0.4, -0.2) is 21.2 Å². The quantitative estimate of drug-likeness (QED) is 0.836. The van der Waals surface area contributed by atoms with E-state index in [2.05, 4.69) is 14.9 Å². The van der Waals surface area contributed by atoms with Gasteiger partial charge in [0.15, 0.2) is 0 Å². The maximum absolute atomic E-state index is 9.04. The largest absolute Gasteiger partial charge is 0.487 e. The van der Waals surface area contributed by atoms with E-state index in [1.165, 1.54) is 11.5 Å². The Labute approximate surface area is 110 Å². The van der Waals surface area contributed by atoms with Gasteiger partial charge in [0.1, 0.15) is 23.1 Å². The molecule has 0 aliphatic heterocycles. The molecule has 0 radical (unpaired) electrons. The molecule has 2 aromatic rings. The van der Waals surface area contributed by atoms with E-state index in [9.17, 15) is 0 Å². The van der Waals surface area contributed by atoms with Crippen molar-refractivity contribution < 1.29 is 9.84 Å². The first-order chi connectivity index (χ1) is 8.83. The average molecular weight is 265 g/mol. The topological polar surface area (TPSA) is 67.3 Å². The number of anilines is 1. The Hall–Kier alpha value is -1.66. The summed E-state index contributed by atoms with van der Waals surface area (Å²) in [5.41, 5.74) is 1.63. The Morgan fingerprint density at radius 3 is 3.11 bits per heavy atom. The molecule has 0 aliphatic rings. The molecule has 5 nitrogen and oxygen atoms in total. The Bertz CT molecular complexity index is 502. The van der Waals surface area contributed by atoms with Crippen LogP contribution in [0.4, 0.5) is 5.00 Å². The van der Waals surface area contributed by atoms with E-state index in [0.29, 0.717) is 6.61 Å². The van der Waals surface area contributed by atoms with Crippen LogP contribution in [-0.2, 0) is 13.2 Å². The Kier molecular flexibility index (Phi) is 4.49. The fraction of sp³-hybridized carbons (Fsp3) is 0.333. The highest BCUT2D eigenvalue weighted by Gasteiger charge is 2.07. The second-order valence-electron chi connectivity index (χ2n) is 3.67. The van der Waals surface area contributed by atoms with Gasteiger partial charge in [-0.25, -0.2) is 0 Å². The summed E-state index contributed by atoms with van der Waals surface area (Å²) < 4.78 is 9.53. The van der Waals surface area contributed by atoms with Crippen molar-refractivity contribution in [3.63, 3.8) is 0 Å².